The lowest BCUT2D eigenvalue weighted by Crippen LogP contribution is -2.28. The molecule has 0 aliphatic carbocycles. The monoisotopic (exact) mass is 336 g/mol. The van der Waals surface area contributed by atoms with E-state index in [2.05, 4.69) is 15.3 Å². The molecular formula is C15H17ClN4OS. The number of aryl methyl sites for hydroxylation is 1. The molecule has 0 spiro atoms. The number of hydrogen-bond acceptors (Lipinski definition) is 5. The highest BCUT2D eigenvalue weighted by atomic mass is 35.5. The van der Waals surface area contributed by atoms with Gasteiger partial charge in [0.2, 0.25) is 5.91 Å². The van der Waals surface area contributed by atoms with Gasteiger partial charge >= 0.3 is 0 Å². The molecule has 0 radical (unpaired) electrons. The molecule has 1 unspecified atom stereocenters. The quantitative estimate of drug-likeness (QED) is 0.648. The second kappa shape index (κ2) is 7.47. The molecule has 2 aromatic rings. The number of benzene rings is 1. The summed E-state index contributed by atoms with van der Waals surface area (Å²) in [6, 6.07) is 8.99. The van der Waals surface area contributed by atoms with Crippen LogP contribution in [0.2, 0.25) is 5.02 Å². The summed E-state index contributed by atoms with van der Waals surface area (Å²) in [6.07, 6.45) is 0. The SMILES string of the molecule is Cc1cc(N)nc(SCC(=O)NC(C)c2cccc(Cl)c2)n1. The summed E-state index contributed by atoms with van der Waals surface area (Å²) < 4.78 is 0. The molecule has 1 aromatic carbocycles. The van der Waals surface area contributed by atoms with Crippen LogP contribution in [0.3, 0.4) is 0 Å². The van der Waals surface area contributed by atoms with Crippen molar-refractivity contribution in [1.29, 1.82) is 0 Å². The molecule has 22 heavy (non-hydrogen) atoms. The Morgan fingerprint density at radius 1 is 1.41 bits per heavy atom. The number of hydrogen-bond donors (Lipinski definition) is 2. The van der Waals surface area contributed by atoms with Crippen molar-refractivity contribution >= 4 is 35.1 Å². The number of nitrogens with zero attached hydrogens (tertiary/aromatic N) is 2. The van der Waals surface area contributed by atoms with Gasteiger partial charge in [-0.1, -0.05) is 35.5 Å². The van der Waals surface area contributed by atoms with E-state index in [9.17, 15) is 4.79 Å². The molecule has 0 saturated heterocycles. The number of carbonyl (C=O) groups excluding carboxylic acids is 1. The van der Waals surface area contributed by atoms with E-state index in [0.717, 1.165) is 11.3 Å². The maximum atomic E-state index is 12.0. The summed E-state index contributed by atoms with van der Waals surface area (Å²) in [4.78, 5) is 20.3. The molecule has 0 aliphatic rings. The van der Waals surface area contributed by atoms with E-state index in [1.807, 2.05) is 32.0 Å². The number of nitrogen functional groups attached to an aromatic ring is 1. The standard InChI is InChI=1S/C15H17ClN4OS/c1-9-6-13(17)20-15(18-9)22-8-14(21)19-10(2)11-4-3-5-12(16)7-11/h3-7,10H,8H2,1-2H3,(H,19,21)(H2,17,18,20). The third kappa shape index (κ3) is 4.89. The highest BCUT2D eigenvalue weighted by molar-refractivity contribution is 7.99. The predicted molar refractivity (Wildman–Crippen MR) is 89.9 cm³/mol. The van der Waals surface area contributed by atoms with Crippen LogP contribution in [0, 0.1) is 6.92 Å². The largest absolute Gasteiger partial charge is 0.384 e. The highest BCUT2D eigenvalue weighted by Gasteiger charge is 2.11. The van der Waals surface area contributed by atoms with Gasteiger partial charge in [0.25, 0.3) is 0 Å². The fourth-order valence-electron chi connectivity index (χ4n) is 1.90. The average molecular weight is 337 g/mol. The van der Waals surface area contributed by atoms with Crippen LogP contribution in [0.4, 0.5) is 5.82 Å². The van der Waals surface area contributed by atoms with Crippen LogP contribution in [-0.4, -0.2) is 21.6 Å². The Morgan fingerprint density at radius 3 is 2.86 bits per heavy atom. The number of nitrogens with one attached hydrogen (secondary N) is 1. The Balaban J connectivity index is 1.90. The van der Waals surface area contributed by atoms with Gasteiger partial charge in [-0.25, -0.2) is 9.97 Å². The summed E-state index contributed by atoms with van der Waals surface area (Å²) in [5, 5.41) is 4.07. The minimum absolute atomic E-state index is 0.0962. The van der Waals surface area contributed by atoms with Gasteiger partial charge in [-0.2, -0.15) is 0 Å². The summed E-state index contributed by atoms with van der Waals surface area (Å²) in [5.74, 6) is 0.539. The van der Waals surface area contributed by atoms with Gasteiger partial charge in [-0.05, 0) is 31.5 Å². The van der Waals surface area contributed by atoms with Gasteiger partial charge < -0.3 is 11.1 Å². The molecular weight excluding hydrogens is 320 g/mol. The molecule has 0 saturated carbocycles. The first kappa shape index (κ1) is 16.6. The Kier molecular flexibility index (Phi) is 5.63. The minimum Gasteiger partial charge on any atom is -0.384 e. The second-order valence-electron chi connectivity index (χ2n) is 4.85. The van der Waals surface area contributed by atoms with Gasteiger partial charge in [0.05, 0.1) is 11.8 Å². The Bertz CT molecular complexity index is 660. The first-order chi connectivity index (χ1) is 10.4. The van der Waals surface area contributed by atoms with Gasteiger partial charge in [-0.15, -0.1) is 0 Å². The van der Waals surface area contributed by atoms with E-state index >= 15 is 0 Å². The second-order valence-corrected chi connectivity index (χ2v) is 6.23. The van der Waals surface area contributed by atoms with Crippen molar-refractivity contribution in [1.82, 2.24) is 15.3 Å². The lowest BCUT2D eigenvalue weighted by atomic mass is 10.1. The number of thioether (sulfide) groups is 1. The molecule has 2 rings (SSSR count). The van der Waals surface area contributed by atoms with E-state index in [4.69, 9.17) is 17.3 Å². The van der Waals surface area contributed by atoms with Crippen LogP contribution in [0.25, 0.3) is 0 Å². The molecule has 1 amide bonds. The number of aromatic nitrogens is 2. The van der Waals surface area contributed by atoms with Gasteiger partial charge in [0.1, 0.15) is 5.82 Å². The summed E-state index contributed by atoms with van der Waals surface area (Å²) in [6.45, 7) is 3.75. The van der Waals surface area contributed by atoms with Crippen LogP contribution >= 0.6 is 23.4 Å². The fraction of sp³-hybridized carbons (Fsp3) is 0.267. The number of carbonyl (C=O) groups is 1. The van der Waals surface area contributed by atoms with Crippen molar-refractivity contribution in [3.05, 3.63) is 46.6 Å². The predicted octanol–water partition coefficient (Wildman–Crippen LogP) is 2.99. The molecule has 3 N–H and O–H groups in total. The number of halogens is 1. The molecule has 0 fully saturated rings. The van der Waals surface area contributed by atoms with Gasteiger partial charge in [0, 0.05) is 16.8 Å². The topological polar surface area (TPSA) is 80.9 Å². The van der Waals surface area contributed by atoms with Crippen molar-refractivity contribution in [2.45, 2.75) is 25.0 Å². The zero-order chi connectivity index (χ0) is 16.1. The molecule has 7 heteroatoms. The van der Waals surface area contributed by atoms with Crippen molar-refractivity contribution in [3.8, 4) is 0 Å². The van der Waals surface area contributed by atoms with Crippen molar-refractivity contribution < 1.29 is 4.79 Å². The van der Waals surface area contributed by atoms with Crippen LogP contribution in [0.15, 0.2) is 35.5 Å². The van der Waals surface area contributed by atoms with Gasteiger partial charge in [0.15, 0.2) is 5.16 Å². The van der Waals surface area contributed by atoms with Crippen LogP contribution in [-0.2, 0) is 4.79 Å². The fourth-order valence-corrected chi connectivity index (χ4v) is 2.82. The zero-order valence-electron chi connectivity index (χ0n) is 12.3. The van der Waals surface area contributed by atoms with Crippen molar-refractivity contribution in [2.75, 3.05) is 11.5 Å². The third-order valence-electron chi connectivity index (χ3n) is 2.91. The minimum atomic E-state index is -0.115. The number of amides is 1. The first-order valence-electron chi connectivity index (χ1n) is 6.73. The van der Waals surface area contributed by atoms with Gasteiger partial charge in [-0.3, -0.25) is 4.79 Å². The highest BCUT2D eigenvalue weighted by Crippen LogP contribution is 2.18. The van der Waals surface area contributed by atoms with Crippen molar-refractivity contribution in [3.63, 3.8) is 0 Å². The Morgan fingerprint density at radius 2 is 2.18 bits per heavy atom. The molecule has 116 valence electrons. The van der Waals surface area contributed by atoms with E-state index in [-0.39, 0.29) is 17.7 Å². The molecule has 1 aromatic heterocycles. The van der Waals surface area contributed by atoms with Crippen LogP contribution in [0.5, 0.6) is 0 Å². The van der Waals surface area contributed by atoms with E-state index in [1.165, 1.54) is 11.8 Å². The van der Waals surface area contributed by atoms with Crippen molar-refractivity contribution in [2.24, 2.45) is 0 Å². The molecule has 0 bridgehead atoms. The lowest BCUT2D eigenvalue weighted by Gasteiger charge is -2.14. The molecule has 5 nitrogen and oxygen atoms in total. The number of rotatable bonds is 5. The summed E-state index contributed by atoms with van der Waals surface area (Å²) in [5.41, 5.74) is 7.40. The van der Waals surface area contributed by atoms with Crippen LogP contribution < -0.4 is 11.1 Å². The first-order valence-corrected chi connectivity index (χ1v) is 8.09. The number of nitrogens with two attached hydrogens (primary N) is 1. The molecule has 1 atom stereocenters. The van der Waals surface area contributed by atoms with E-state index in [0.29, 0.717) is 16.0 Å². The maximum absolute atomic E-state index is 12.0. The average Bonchev–Trinajstić information content (AvgIpc) is 2.44. The molecule has 1 heterocycles. The lowest BCUT2D eigenvalue weighted by molar-refractivity contribution is -0.119. The summed E-state index contributed by atoms with van der Waals surface area (Å²) >= 11 is 7.21. The smallest absolute Gasteiger partial charge is 0.230 e. The maximum Gasteiger partial charge on any atom is 0.230 e. The molecule has 0 aliphatic heterocycles. The Labute approximate surface area is 138 Å². The Hall–Kier alpha value is -1.79. The van der Waals surface area contributed by atoms with E-state index < -0.39 is 0 Å². The summed E-state index contributed by atoms with van der Waals surface area (Å²) in [7, 11) is 0. The number of anilines is 1. The normalized spacial score (nSPS) is 12.0. The zero-order valence-corrected chi connectivity index (χ0v) is 13.9. The van der Waals surface area contributed by atoms with E-state index in [1.54, 1.807) is 12.1 Å². The van der Waals surface area contributed by atoms with Crippen LogP contribution in [0.1, 0.15) is 24.2 Å². The third-order valence-corrected chi connectivity index (χ3v) is 3.99.